The van der Waals surface area contributed by atoms with E-state index in [0.29, 0.717) is 26.1 Å². The fraction of sp³-hybridized carbons (Fsp3) is 0.857. The summed E-state index contributed by atoms with van der Waals surface area (Å²) in [5, 5.41) is 34.0. The minimum absolute atomic E-state index is 0.588. The lowest BCUT2D eigenvalue weighted by Gasteiger charge is -2.34. The maximum Gasteiger partial charge on any atom is 0.300 e. The SMILES string of the molecule is CC(=O)O.CC(=O)O.OC1CCCOC1OC1OCCCC1O. The van der Waals surface area contributed by atoms with E-state index in [1.807, 2.05) is 0 Å². The van der Waals surface area contributed by atoms with Gasteiger partial charge >= 0.3 is 0 Å². The van der Waals surface area contributed by atoms with Crippen LogP contribution in [0.15, 0.2) is 0 Å². The van der Waals surface area contributed by atoms with Crippen molar-refractivity contribution < 1.29 is 44.2 Å². The Morgan fingerprint density at radius 1 is 0.870 bits per heavy atom. The molecule has 23 heavy (non-hydrogen) atoms. The second-order valence-electron chi connectivity index (χ2n) is 5.07. The van der Waals surface area contributed by atoms with Crippen molar-refractivity contribution in [2.75, 3.05) is 13.2 Å². The third-order valence-corrected chi connectivity index (χ3v) is 2.75. The van der Waals surface area contributed by atoms with Gasteiger partial charge < -0.3 is 34.6 Å². The van der Waals surface area contributed by atoms with Crippen LogP contribution in [0.5, 0.6) is 0 Å². The summed E-state index contributed by atoms with van der Waals surface area (Å²) in [6.45, 7) is 3.34. The van der Waals surface area contributed by atoms with E-state index in [-0.39, 0.29) is 0 Å². The second kappa shape index (κ2) is 12.2. The first-order valence-electron chi connectivity index (χ1n) is 7.38. The number of carboxylic acid groups (broad SMARTS) is 2. The maximum atomic E-state index is 9.60. The van der Waals surface area contributed by atoms with E-state index in [1.54, 1.807) is 0 Å². The highest BCUT2D eigenvalue weighted by Gasteiger charge is 2.32. The largest absolute Gasteiger partial charge is 0.481 e. The number of carboxylic acids is 2. The highest BCUT2D eigenvalue weighted by Crippen LogP contribution is 2.21. The lowest BCUT2D eigenvalue weighted by molar-refractivity contribution is -0.312. The van der Waals surface area contributed by atoms with Gasteiger partial charge in [-0.15, -0.1) is 0 Å². The minimum atomic E-state index is -0.833. The van der Waals surface area contributed by atoms with Crippen LogP contribution in [-0.4, -0.2) is 70.4 Å². The zero-order valence-electron chi connectivity index (χ0n) is 13.4. The smallest absolute Gasteiger partial charge is 0.300 e. The van der Waals surface area contributed by atoms with Crippen molar-refractivity contribution in [2.24, 2.45) is 0 Å². The van der Waals surface area contributed by atoms with Gasteiger partial charge in [-0.2, -0.15) is 0 Å². The molecule has 2 rings (SSSR count). The molecule has 136 valence electrons. The predicted molar refractivity (Wildman–Crippen MR) is 77.7 cm³/mol. The van der Waals surface area contributed by atoms with Crippen LogP contribution in [-0.2, 0) is 23.8 Å². The zero-order valence-corrected chi connectivity index (χ0v) is 13.4. The van der Waals surface area contributed by atoms with Crippen molar-refractivity contribution in [1.29, 1.82) is 0 Å². The first-order chi connectivity index (χ1) is 10.7. The normalized spacial score (nSPS) is 30.1. The van der Waals surface area contributed by atoms with Gasteiger partial charge in [0.25, 0.3) is 11.9 Å². The molecule has 2 fully saturated rings. The van der Waals surface area contributed by atoms with E-state index in [4.69, 9.17) is 34.0 Å². The minimum Gasteiger partial charge on any atom is -0.481 e. The molecule has 0 bridgehead atoms. The van der Waals surface area contributed by atoms with Crippen LogP contribution in [0.4, 0.5) is 0 Å². The van der Waals surface area contributed by atoms with Gasteiger partial charge in [0.15, 0.2) is 12.6 Å². The van der Waals surface area contributed by atoms with Gasteiger partial charge in [-0.05, 0) is 25.7 Å². The maximum absolute atomic E-state index is 9.60. The molecule has 2 aliphatic heterocycles. The summed E-state index contributed by atoms with van der Waals surface area (Å²) in [7, 11) is 0. The summed E-state index contributed by atoms with van der Waals surface area (Å²) in [4.78, 5) is 18.0. The fourth-order valence-corrected chi connectivity index (χ4v) is 1.87. The van der Waals surface area contributed by atoms with E-state index >= 15 is 0 Å². The van der Waals surface area contributed by atoms with Crippen molar-refractivity contribution in [3.8, 4) is 0 Å². The number of rotatable bonds is 2. The van der Waals surface area contributed by atoms with Crippen molar-refractivity contribution >= 4 is 11.9 Å². The lowest BCUT2D eigenvalue weighted by atomic mass is 10.1. The third kappa shape index (κ3) is 11.9. The molecule has 0 aromatic heterocycles. The van der Waals surface area contributed by atoms with E-state index in [1.165, 1.54) is 0 Å². The van der Waals surface area contributed by atoms with Crippen molar-refractivity contribution in [2.45, 2.75) is 64.3 Å². The molecule has 0 spiro atoms. The monoisotopic (exact) mass is 338 g/mol. The fourth-order valence-electron chi connectivity index (χ4n) is 1.87. The van der Waals surface area contributed by atoms with Crippen molar-refractivity contribution in [3.05, 3.63) is 0 Å². The number of ether oxygens (including phenoxy) is 3. The molecule has 0 saturated carbocycles. The van der Waals surface area contributed by atoms with Gasteiger partial charge in [0, 0.05) is 27.1 Å². The Kier molecular flexibility index (Phi) is 11.5. The Labute approximate surface area is 134 Å². The molecule has 2 saturated heterocycles. The second-order valence-corrected chi connectivity index (χ2v) is 5.07. The summed E-state index contributed by atoms with van der Waals surface area (Å²) in [6, 6.07) is 0. The molecular weight excluding hydrogens is 312 g/mol. The van der Waals surface area contributed by atoms with Gasteiger partial charge in [-0.25, -0.2) is 0 Å². The standard InChI is InChI=1S/C10H18O5.2C2H4O2/c11-7-3-1-5-13-9(7)15-10-8(12)4-2-6-14-10;2*1-2(3)4/h7-12H,1-6H2;2*1H3,(H,3,4). The molecule has 4 N–H and O–H groups in total. The van der Waals surface area contributed by atoms with Crippen LogP contribution in [0.1, 0.15) is 39.5 Å². The van der Waals surface area contributed by atoms with E-state index in [2.05, 4.69) is 0 Å². The van der Waals surface area contributed by atoms with Gasteiger partial charge in [0.2, 0.25) is 0 Å². The summed E-state index contributed by atoms with van der Waals surface area (Å²) < 4.78 is 16.0. The van der Waals surface area contributed by atoms with Crippen LogP contribution in [0.3, 0.4) is 0 Å². The Hall–Kier alpha value is -1.26. The van der Waals surface area contributed by atoms with Gasteiger partial charge in [0.05, 0.1) is 0 Å². The molecule has 9 nitrogen and oxygen atoms in total. The average molecular weight is 338 g/mol. The predicted octanol–water partition coefficient (Wildman–Crippen LogP) is 0.180. The summed E-state index contributed by atoms with van der Waals surface area (Å²) in [5.74, 6) is -1.67. The van der Waals surface area contributed by atoms with Gasteiger partial charge in [0.1, 0.15) is 12.2 Å². The van der Waals surface area contributed by atoms with Crippen LogP contribution >= 0.6 is 0 Å². The molecule has 2 heterocycles. The summed E-state index contributed by atoms with van der Waals surface area (Å²) >= 11 is 0. The summed E-state index contributed by atoms with van der Waals surface area (Å²) in [5.41, 5.74) is 0. The highest BCUT2D eigenvalue weighted by molar-refractivity contribution is 5.63. The van der Waals surface area contributed by atoms with Crippen LogP contribution in [0, 0.1) is 0 Å². The molecule has 4 unspecified atom stereocenters. The van der Waals surface area contributed by atoms with Crippen LogP contribution in [0.25, 0.3) is 0 Å². The van der Waals surface area contributed by atoms with E-state index in [9.17, 15) is 10.2 Å². The molecule has 0 aromatic carbocycles. The molecular formula is C14H26O9. The molecule has 2 aliphatic rings. The van der Waals surface area contributed by atoms with Crippen molar-refractivity contribution in [3.63, 3.8) is 0 Å². The molecule has 9 heteroatoms. The molecule has 0 aromatic rings. The van der Waals surface area contributed by atoms with E-state index < -0.39 is 36.7 Å². The quantitative estimate of drug-likeness (QED) is 0.554. The summed E-state index contributed by atoms with van der Waals surface area (Å²) in [6.07, 6.45) is 0.492. The highest BCUT2D eigenvalue weighted by atomic mass is 16.8. The number of aliphatic hydroxyl groups excluding tert-OH is 2. The molecule has 0 radical (unpaired) electrons. The Bertz CT molecular complexity index is 307. The van der Waals surface area contributed by atoms with E-state index in [0.717, 1.165) is 26.7 Å². The number of aliphatic carboxylic acids is 2. The molecule has 4 atom stereocenters. The Morgan fingerprint density at radius 3 is 1.43 bits per heavy atom. The Morgan fingerprint density at radius 2 is 1.17 bits per heavy atom. The number of carbonyl (C=O) groups is 2. The average Bonchev–Trinajstić information content (AvgIpc) is 2.42. The lowest BCUT2D eigenvalue weighted by Crippen LogP contribution is -2.45. The van der Waals surface area contributed by atoms with Gasteiger partial charge in [-0.1, -0.05) is 0 Å². The van der Waals surface area contributed by atoms with Crippen LogP contribution in [0.2, 0.25) is 0 Å². The Balaban J connectivity index is 0.000000509. The van der Waals surface area contributed by atoms with Crippen LogP contribution < -0.4 is 0 Å². The molecule has 0 aliphatic carbocycles. The van der Waals surface area contributed by atoms with Gasteiger partial charge in [-0.3, -0.25) is 9.59 Å². The number of hydrogen-bond donors (Lipinski definition) is 4. The topological polar surface area (TPSA) is 143 Å². The molecule has 0 amide bonds. The zero-order chi connectivity index (χ0) is 17.8. The number of hydrogen-bond acceptors (Lipinski definition) is 7. The first kappa shape index (κ1) is 21.7. The van der Waals surface area contributed by atoms with Crippen molar-refractivity contribution in [1.82, 2.24) is 0 Å². The first-order valence-corrected chi connectivity index (χ1v) is 7.38. The number of aliphatic hydroxyl groups is 2. The third-order valence-electron chi connectivity index (χ3n) is 2.75.